The van der Waals surface area contributed by atoms with Crippen molar-refractivity contribution < 1.29 is 18.0 Å². The summed E-state index contributed by atoms with van der Waals surface area (Å²) in [5.74, 6) is -0.484. The molecule has 0 saturated carbocycles. The topological polar surface area (TPSA) is 105 Å². The number of amides is 2. The van der Waals surface area contributed by atoms with Gasteiger partial charge in [-0.25, -0.2) is 8.42 Å². The molecule has 114 valence electrons. The Morgan fingerprint density at radius 1 is 1.33 bits per heavy atom. The molecule has 1 aliphatic rings. The van der Waals surface area contributed by atoms with Crippen molar-refractivity contribution in [2.45, 2.75) is 11.7 Å². The first-order chi connectivity index (χ1) is 9.96. The molecule has 1 saturated heterocycles. The van der Waals surface area contributed by atoms with Gasteiger partial charge in [-0.2, -0.15) is 0 Å². The minimum atomic E-state index is -2.94. The number of sulfone groups is 1. The van der Waals surface area contributed by atoms with Crippen LogP contribution in [0, 0.1) is 0 Å². The summed E-state index contributed by atoms with van der Waals surface area (Å²) >= 11 is 1.28. The third-order valence-electron chi connectivity index (χ3n) is 2.85. The minimum Gasteiger partial charge on any atom is -0.272 e. The van der Waals surface area contributed by atoms with Gasteiger partial charge in [-0.1, -0.05) is 6.07 Å². The molecule has 1 aliphatic heterocycles. The second-order valence-corrected chi connectivity index (χ2v) is 8.07. The monoisotopic (exact) mass is 329 g/mol. The average molecular weight is 329 g/mol. The van der Waals surface area contributed by atoms with Gasteiger partial charge in [-0.05, 0) is 18.6 Å². The molecule has 7 nitrogen and oxygen atoms in total. The molecule has 2 amide bonds. The number of hydrazine groups is 1. The van der Waals surface area contributed by atoms with Gasteiger partial charge in [0.2, 0.25) is 5.91 Å². The molecule has 9 heteroatoms. The molecule has 2 heterocycles. The molecule has 0 aromatic carbocycles. The highest BCUT2D eigenvalue weighted by atomic mass is 32.2. The van der Waals surface area contributed by atoms with Crippen LogP contribution in [0.4, 0.5) is 0 Å². The zero-order valence-corrected chi connectivity index (χ0v) is 12.7. The summed E-state index contributed by atoms with van der Waals surface area (Å²) in [6.45, 7) is 0. The van der Waals surface area contributed by atoms with E-state index in [1.54, 1.807) is 12.1 Å². The van der Waals surface area contributed by atoms with Crippen LogP contribution in [0.5, 0.6) is 0 Å². The van der Waals surface area contributed by atoms with Crippen molar-refractivity contribution >= 4 is 33.4 Å². The molecular formula is C12H15N3O4S2. The molecular weight excluding hydrogens is 314 g/mol. The van der Waals surface area contributed by atoms with E-state index in [1.807, 2.05) is 0 Å². The molecule has 0 aliphatic carbocycles. The summed E-state index contributed by atoms with van der Waals surface area (Å²) in [6, 6.07) is 4.88. The molecule has 0 unspecified atom stereocenters. The normalized spacial score (nSPS) is 19.9. The average Bonchev–Trinajstić information content (AvgIpc) is 2.83. The molecule has 0 spiro atoms. The lowest BCUT2D eigenvalue weighted by Gasteiger charge is -2.09. The number of hydrogen-bond donors (Lipinski definition) is 2. The van der Waals surface area contributed by atoms with Crippen molar-refractivity contribution in [2.75, 3.05) is 17.3 Å². The maximum Gasteiger partial charge on any atom is 0.288 e. The number of nitrogens with zero attached hydrogens (tertiary/aromatic N) is 1. The Labute approximate surface area is 126 Å². The number of carbonyl (C=O) groups excluding carboxylic acids is 2. The second kappa shape index (κ2) is 6.90. The summed E-state index contributed by atoms with van der Waals surface area (Å²) in [5.41, 5.74) is 4.74. The van der Waals surface area contributed by atoms with Crippen molar-refractivity contribution in [3.8, 4) is 0 Å². The summed E-state index contributed by atoms with van der Waals surface area (Å²) in [7, 11) is -2.94. The summed E-state index contributed by atoms with van der Waals surface area (Å²) < 4.78 is 22.6. The standard InChI is InChI=1S/C12H15N3O4S2/c16-11(7-20-9-4-6-21(18,19)8-9)14-15-12(17)10-3-1-2-5-13-10/h1-3,5,9H,4,6-8H2,(H,14,16)(H,15,17)/t9-/m0/s1. The van der Waals surface area contributed by atoms with Crippen LogP contribution in [0.15, 0.2) is 24.4 Å². The Morgan fingerprint density at radius 3 is 2.76 bits per heavy atom. The second-order valence-electron chi connectivity index (χ2n) is 4.55. The van der Waals surface area contributed by atoms with Gasteiger partial charge in [0.15, 0.2) is 9.84 Å². The van der Waals surface area contributed by atoms with Crippen LogP contribution in [-0.4, -0.2) is 47.7 Å². The zero-order valence-electron chi connectivity index (χ0n) is 11.1. The van der Waals surface area contributed by atoms with Crippen LogP contribution in [-0.2, 0) is 14.6 Å². The Morgan fingerprint density at radius 2 is 2.14 bits per heavy atom. The van der Waals surface area contributed by atoms with Crippen molar-refractivity contribution in [1.29, 1.82) is 0 Å². The van der Waals surface area contributed by atoms with Gasteiger partial charge in [-0.15, -0.1) is 11.8 Å². The van der Waals surface area contributed by atoms with E-state index >= 15 is 0 Å². The number of nitrogens with one attached hydrogen (secondary N) is 2. The fraction of sp³-hybridized carbons (Fsp3) is 0.417. The Balaban J connectivity index is 1.70. The first-order valence-corrected chi connectivity index (χ1v) is 9.15. The van der Waals surface area contributed by atoms with Crippen LogP contribution >= 0.6 is 11.8 Å². The zero-order chi connectivity index (χ0) is 15.3. The van der Waals surface area contributed by atoms with E-state index in [0.29, 0.717) is 6.42 Å². The van der Waals surface area contributed by atoms with Crippen molar-refractivity contribution in [2.24, 2.45) is 0 Å². The quantitative estimate of drug-likeness (QED) is 0.739. The number of rotatable bonds is 4. The van der Waals surface area contributed by atoms with Crippen LogP contribution in [0.3, 0.4) is 0 Å². The highest BCUT2D eigenvalue weighted by molar-refractivity contribution is 8.02. The highest BCUT2D eigenvalue weighted by Crippen LogP contribution is 2.23. The molecule has 2 rings (SSSR count). The largest absolute Gasteiger partial charge is 0.288 e. The molecule has 0 radical (unpaired) electrons. The lowest BCUT2D eigenvalue weighted by molar-refractivity contribution is -0.119. The molecule has 0 bridgehead atoms. The number of aromatic nitrogens is 1. The van der Waals surface area contributed by atoms with Gasteiger partial charge in [-0.3, -0.25) is 25.4 Å². The Bertz CT molecular complexity index is 619. The smallest absolute Gasteiger partial charge is 0.272 e. The molecule has 1 atom stereocenters. The Hall–Kier alpha value is -1.61. The van der Waals surface area contributed by atoms with E-state index in [0.717, 1.165) is 0 Å². The minimum absolute atomic E-state index is 0.0489. The maximum atomic E-state index is 11.6. The van der Waals surface area contributed by atoms with Gasteiger partial charge in [0.25, 0.3) is 5.91 Å². The lowest BCUT2D eigenvalue weighted by atomic mass is 10.3. The molecule has 1 aromatic heterocycles. The van der Waals surface area contributed by atoms with Crippen LogP contribution in [0.1, 0.15) is 16.9 Å². The van der Waals surface area contributed by atoms with Crippen LogP contribution in [0.25, 0.3) is 0 Å². The fourth-order valence-corrected chi connectivity index (χ4v) is 5.25. The number of pyridine rings is 1. The molecule has 1 aromatic rings. The van der Waals surface area contributed by atoms with Crippen molar-refractivity contribution in [1.82, 2.24) is 15.8 Å². The molecule has 2 N–H and O–H groups in total. The predicted molar refractivity (Wildman–Crippen MR) is 79.4 cm³/mol. The summed E-state index contributed by atoms with van der Waals surface area (Å²) in [6.07, 6.45) is 2.05. The van der Waals surface area contributed by atoms with E-state index in [9.17, 15) is 18.0 Å². The Kier molecular flexibility index (Phi) is 5.18. The van der Waals surface area contributed by atoms with Gasteiger partial charge < -0.3 is 0 Å². The summed E-state index contributed by atoms with van der Waals surface area (Å²) in [4.78, 5) is 27.0. The first-order valence-electron chi connectivity index (χ1n) is 6.28. The van der Waals surface area contributed by atoms with Gasteiger partial charge in [0, 0.05) is 11.4 Å². The number of carbonyl (C=O) groups is 2. The van der Waals surface area contributed by atoms with Gasteiger partial charge in [0.05, 0.1) is 17.3 Å². The first kappa shape index (κ1) is 15.8. The van der Waals surface area contributed by atoms with E-state index in [4.69, 9.17) is 0 Å². The number of thioether (sulfide) groups is 1. The maximum absolute atomic E-state index is 11.6. The third kappa shape index (κ3) is 5.01. The molecule has 21 heavy (non-hydrogen) atoms. The van der Waals surface area contributed by atoms with Gasteiger partial charge in [0.1, 0.15) is 5.69 Å². The van der Waals surface area contributed by atoms with Gasteiger partial charge >= 0.3 is 0 Å². The van der Waals surface area contributed by atoms with E-state index in [-0.39, 0.29) is 34.1 Å². The molecule has 1 fully saturated rings. The fourth-order valence-electron chi connectivity index (χ4n) is 1.81. The van der Waals surface area contributed by atoms with Crippen molar-refractivity contribution in [3.05, 3.63) is 30.1 Å². The van der Waals surface area contributed by atoms with E-state index < -0.39 is 15.7 Å². The SMILES string of the molecule is O=C(CS[C@H]1CCS(=O)(=O)C1)NNC(=O)c1ccccn1. The predicted octanol–water partition coefficient (Wildman–Crippen LogP) is -0.237. The lowest BCUT2D eigenvalue weighted by Crippen LogP contribution is -2.43. The van der Waals surface area contributed by atoms with Crippen LogP contribution < -0.4 is 10.9 Å². The van der Waals surface area contributed by atoms with Crippen LogP contribution in [0.2, 0.25) is 0 Å². The number of hydrogen-bond acceptors (Lipinski definition) is 6. The van der Waals surface area contributed by atoms with E-state index in [2.05, 4.69) is 15.8 Å². The summed E-state index contributed by atoms with van der Waals surface area (Å²) in [5, 5.41) is -0.0489. The highest BCUT2D eigenvalue weighted by Gasteiger charge is 2.28. The van der Waals surface area contributed by atoms with E-state index in [1.165, 1.54) is 24.0 Å². The van der Waals surface area contributed by atoms with Crippen molar-refractivity contribution in [3.63, 3.8) is 0 Å². The third-order valence-corrected chi connectivity index (χ3v) is 6.14.